The van der Waals surface area contributed by atoms with Crippen molar-refractivity contribution in [2.75, 3.05) is 0 Å². The third-order valence-electron chi connectivity index (χ3n) is 5.04. The van der Waals surface area contributed by atoms with E-state index in [9.17, 15) is 0 Å². The number of hydrogen-bond acceptors (Lipinski definition) is 0. The van der Waals surface area contributed by atoms with Gasteiger partial charge in [0.05, 0.1) is 0 Å². The molecular formula is C18H35P. The summed E-state index contributed by atoms with van der Waals surface area (Å²) in [6, 6.07) is 0. The average Bonchev–Trinajstić information content (AvgIpc) is 2.36. The fourth-order valence-electron chi connectivity index (χ4n) is 3.10. The van der Waals surface area contributed by atoms with Gasteiger partial charge in [-0.1, -0.05) is 51.2 Å². The van der Waals surface area contributed by atoms with Crippen LogP contribution in [-0.4, -0.2) is 5.66 Å². The lowest BCUT2D eigenvalue weighted by Crippen LogP contribution is -2.12. The van der Waals surface area contributed by atoms with Gasteiger partial charge in [-0.05, 0) is 62.9 Å². The Balaban J connectivity index is 2.09. The van der Waals surface area contributed by atoms with Crippen LogP contribution in [0, 0.1) is 11.8 Å². The number of hydrogen-bond donors (Lipinski definition) is 0. The van der Waals surface area contributed by atoms with Crippen LogP contribution >= 0.6 is 9.24 Å². The molecule has 3 unspecified atom stereocenters. The Kier molecular flexibility index (Phi) is 9.04. The summed E-state index contributed by atoms with van der Waals surface area (Å²) in [5.74, 6) is 1.98. The molecular weight excluding hydrogens is 247 g/mol. The van der Waals surface area contributed by atoms with Crippen LogP contribution in [0.4, 0.5) is 0 Å². The number of allylic oxidation sites excluding steroid dienone is 2. The molecule has 0 nitrogen and oxygen atoms in total. The molecule has 0 aromatic carbocycles. The van der Waals surface area contributed by atoms with Crippen molar-refractivity contribution in [1.29, 1.82) is 0 Å². The van der Waals surface area contributed by atoms with E-state index in [0.29, 0.717) is 0 Å². The standard InChI is InChI=1S/C18H35P/c1-4-17(18(19)5-2)12-7-6-9-15(3)13-14-16-10-8-11-16/h9,16-18H,4-8,10-14,19H2,1-3H3. The number of unbranched alkanes of at least 4 members (excludes halogenated alkanes) is 1. The highest BCUT2D eigenvalue weighted by Gasteiger charge is 2.16. The molecule has 19 heavy (non-hydrogen) atoms. The van der Waals surface area contributed by atoms with E-state index in [1.165, 1.54) is 64.2 Å². The van der Waals surface area contributed by atoms with Crippen LogP contribution < -0.4 is 0 Å². The molecule has 0 amide bonds. The van der Waals surface area contributed by atoms with Crippen molar-refractivity contribution in [3.8, 4) is 0 Å². The second-order valence-corrected chi connectivity index (χ2v) is 7.41. The Labute approximate surface area is 124 Å². The van der Waals surface area contributed by atoms with Crippen LogP contribution in [0.5, 0.6) is 0 Å². The van der Waals surface area contributed by atoms with E-state index >= 15 is 0 Å². The smallest absolute Gasteiger partial charge is 0.0239 e. The van der Waals surface area contributed by atoms with Gasteiger partial charge in [-0.2, -0.15) is 0 Å². The SMILES string of the molecule is CCC(P)C(CC)CCCC=C(C)CCC1CCC1. The lowest BCUT2D eigenvalue weighted by Gasteiger charge is -2.25. The Morgan fingerprint density at radius 2 is 2.00 bits per heavy atom. The van der Waals surface area contributed by atoms with Crippen molar-refractivity contribution >= 4 is 9.24 Å². The summed E-state index contributed by atoms with van der Waals surface area (Å²) in [5.41, 5.74) is 2.46. The van der Waals surface area contributed by atoms with E-state index in [0.717, 1.165) is 17.5 Å². The maximum atomic E-state index is 3.05. The summed E-state index contributed by atoms with van der Waals surface area (Å²) in [5, 5.41) is 0. The summed E-state index contributed by atoms with van der Waals surface area (Å²) >= 11 is 0. The zero-order chi connectivity index (χ0) is 14.1. The monoisotopic (exact) mass is 282 g/mol. The first-order chi connectivity index (χ1) is 9.17. The van der Waals surface area contributed by atoms with Crippen LogP contribution in [0.25, 0.3) is 0 Å². The highest BCUT2D eigenvalue weighted by Crippen LogP contribution is 2.31. The van der Waals surface area contributed by atoms with Crippen molar-refractivity contribution in [3.63, 3.8) is 0 Å². The minimum Gasteiger partial charge on any atom is -0.134 e. The third-order valence-corrected chi connectivity index (χ3v) is 6.06. The summed E-state index contributed by atoms with van der Waals surface area (Å²) in [6.45, 7) is 6.99. The van der Waals surface area contributed by atoms with Crippen molar-refractivity contribution in [1.82, 2.24) is 0 Å². The van der Waals surface area contributed by atoms with Gasteiger partial charge in [-0.25, -0.2) is 0 Å². The molecule has 0 aromatic rings. The molecule has 0 heterocycles. The molecule has 1 aliphatic rings. The summed E-state index contributed by atoms with van der Waals surface area (Å²) in [4.78, 5) is 0. The van der Waals surface area contributed by atoms with Crippen molar-refractivity contribution in [2.45, 2.75) is 90.6 Å². The summed E-state index contributed by atoms with van der Waals surface area (Å²) in [7, 11) is 3.05. The molecule has 1 rings (SSSR count). The lowest BCUT2D eigenvalue weighted by molar-refractivity contribution is 0.296. The number of rotatable bonds is 10. The Morgan fingerprint density at radius 3 is 2.53 bits per heavy atom. The van der Waals surface area contributed by atoms with E-state index in [-0.39, 0.29) is 0 Å². The Morgan fingerprint density at radius 1 is 1.26 bits per heavy atom. The van der Waals surface area contributed by atoms with Gasteiger partial charge in [0.2, 0.25) is 0 Å². The van der Waals surface area contributed by atoms with E-state index in [4.69, 9.17) is 0 Å². The van der Waals surface area contributed by atoms with Gasteiger partial charge in [0.1, 0.15) is 0 Å². The van der Waals surface area contributed by atoms with Crippen molar-refractivity contribution < 1.29 is 0 Å². The Bertz CT molecular complexity index is 252. The average molecular weight is 282 g/mol. The maximum absolute atomic E-state index is 3.05. The highest BCUT2D eigenvalue weighted by molar-refractivity contribution is 7.17. The second kappa shape index (κ2) is 9.98. The molecule has 1 fully saturated rings. The molecule has 0 aromatic heterocycles. The van der Waals surface area contributed by atoms with Gasteiger partial charge >= 0.3 is 0 Å². The topological polar surface area (TPSA) is 0 Å². The van der Waals surface area contributed by atoms with Gasteiger partial charge in [-0.3, -0.25) is 0 Å². The van der Waals surface area contributed by atoms with Gasteiger partial charge in [0, 0.05) is 0 Å². The van der Waals surface area contributed by atoms with Crippen LogP contribution in [0.1, 0.15) is 85.0 Å². The first-order valence-corrected chi connectivity index (χ1v) is 9.25. The predicted molar refractivity (Wildman–Crippen MR) is 91.8 cm³/mol. The maximum Gasteiger partial charge on any atom is -0.0239 e. The second-order valence-electron chi connectivity index (χ2n) is 6.56. The molecule has 0 bridgehead atoms. The molecule has 112 valence electrons. The fourth-order valence-corrected chi connectivity index (χ4v) is 3.56. The fraction of sp³-hybridized carbons (Fsp3) is 0.889. The predicted octanol–water partition coefficient (Wildman–Crippen LogP) is 6.36. The van der Waals surface area contributed by atoms with Gasteiger partial charge < -0.3 is 0 Å². The normalized spacial score (nSPS) is 20.1. The molecule has 0 N–H and O–H groups in total. The van der Waals surface area contributed by atoms with Crippen LogP contribution in [0.2, 0.25) is 0 Å². The van der Waals surface area contributed by atoms with Crippen LogP contribution in [0.3, 0.4) is 0 Å². The minimum absolute atomic E-state index is 0.827. The minimum atomic E-state index is 0.827. The molecule has 0 aliphatic heterocycles. The van der Waals surface area contributed by atoms with Crippen molar-refractivity contribution in [3.05, 3.63) is 11.6 Å². The molecule has 0 spiro atoms. The van der Waals surface area contributed by atoms with Crippen LogP contribution in [-0.2, 0) is 0 Å². The van der Waals surface area contributed by atoms with Crippen LogP contribution in [0.15, 0.2) is 11.6 Å². The van der Waals surface area contributed by atoms with Gasteiger partial charge in [-0.15, -0.1) is 9.24 Å². The zero-order valence-corrected chi connectivity index (χ0v) is 14.6. The molecule has 0 radical (unpaired) electrons. The zero-order valence-electron chi connectivity index (χ0n) is 13.5. The largest absolute Gasteiger partial charge is 0.134 e. The molecule has 3 atom stereocenters. The lowest BCUT2D eigenvalue weighted by atomic mass is 9.81. The molecule has 1 saturated carbocycles. The van der Waals surface area contributed by atoms with E-state index in [1.807, 2.05) is 0 Å². The van der Waals surface area contributed by atoms with E-state index in [2.05, 4.69) is 36.1 Å². The first-order valence-electron chi connectivity index (χ1n) is 8.58. The molecule has 0 saturated heterocycles. The van der Waals surface area contributed by atoms with Gasteiger partial charge in [0.15, 0.2) is 0 Å². The molecule has 1 heteroatoms. The first kappa shape index (κ1) is 17.2. The van der Waals surface area contributed by atoms with Gasteiger partial charge in [0.25, 0.3) is 0 Å². The highest BCUT2D eigenvalue weighted by atomic mass is 31.0. The summed E-state index contributed by atoms with van der Waals surface area (Å²) in [6.07, 6.45) is 16.5. The summed E-state index contributed by atoms with van der Waals surface area (Å²) < 4.78 is 0. The Hall–Kier alpha value is 0.170. The third kappa shape index (κ3) is 6.94. The quantitative estimate of drug-likeness (QED) is 0.248. The van der Waals surface area contributed by atoms with Crippen molar-refractivity contribution in [2.24, 2.45) is 11.8 Å². The van der Waals surface area contributed by atoms with E-state index in [1.54, 1.807) is 5.57 Å². The molecule has 1 aliphatic carbocycles. The van der Waals surface area contributed by atoms with E-state index < -0.39 is 0 Å².